The number of aromatic nitrogens is 1. The lowest BCUT2D eigenvalue weighted by Gasteiger charge is -2.26. The maximum absolute atomic E-state index is 12.1. The van der Waals surface area contributed by atoms with Gasteiger partial charge in [-0.2, -0.15) is 0 Å². The first-order valence-electron chi connectivity index (χ1n) is 5.63. The van der Waals surface area contributed by atoms with Crippen LogP contribution in [0.5, 0.6) is 0 Å². The molecule has 2 rings (SSSR count). The average Bonchev–Trinajstić information content (AvgIpc) is 2.78. The zero-order valence-corrected chi connectivity index (χ0v) is 9.44. The molecule has 0 aliphatic carbocycles. The molecule has 16 heavy (non-hydrogen) atoms. The molecule has 1 amide bonds. The summed E-state index contributed by atoms with van der Waals surface area (Å²) in [6.45, 7) is 4.57. The Labute approximate surface area is 94.3 Å². The van der Waals surface area contributed by atoms with Gasteiger partial charge < -0.3 is 14.2 Å². The second-order valence-electron chi connectivity index (χ2n) is 3.82. The second-order valence-corrected chi connectivity index (χ2v) is 3.82. The molecule has 0 spiro atoms. The Morgan fingerprint density at radius 1 is 1.50 bits per heavy atom. The third-order valence-electron chi connectivity index (χ3n) is 2.65. The molecule has 0 N–H and O–H groups in total. The smallest absolute Gasteiger partial charge is 0.259 e. The minimum atomic E-state index is 0.00741. The van der Waals surface area contributed by atoms with Gasteiger partial charge >= 0.3 is 0 Å². The number of nitrogens with zero attached hydrogens (tertiary/aromatic N) is 2. The molecule has 0 aromatic carbocycles. The summed E-state index contributed by atoms with van der Waals surface area (Å²) in [7, 11) is 0. The van der Waals surface area contributed by atoms with Gasteiger partial charge in [0.1, 0.15) is 11.3 Å². The van der Waals surface area contributed by atoms with Crippen molar-refractivity contribution in [1.82, 2.24) is 10.1 Å². The number of amides is 1. The second kappa shape index (κ2) is 5.12. The van der Waals surface area contributed by atoms with Crippen LogP contribution >= 0.6 is 0 Å². The van der Waals surface area contributed by atoms with Crippen molar-refractivity contribution < 1.29 is 14.1 Å². The molecule has 1 aliphatic rings. The normalized spacial score (nSPS) is 16.4. The van der Waals surface area contributed by atoms with Crippen LogP contribution in [0.3, 0.4) is 0 Å². The van der Waals surface area contributed by atoms with Crippen LogP contribution in [-0.4, -0.2) is 42.3 Å². The zero-order chi connectivity index (χ0) is 11.4. The summed E-state index contributed by atoms with van der Waals surface area (Å²) in [6.07, 6.45) is 3.22. The van der Waals surface area contributed by atoms with E-state index in [1.54, 1.807) is 4.90 Å². The van der Waals surface area contributed by atoms with Crippen LogP contribution in [0, 0.1) is 0 Å². The predicted octanol–water partition coefficient (Wildman–Crippen LogP) is 1.10. The highest BCUT2D eigenvalue weighted by Crippen LogP contribution is 2.14. The molecule has 0 radical (unpaired) electrons. The molecule has 0 unspecified atom stereocenters. The zero-order valence-electron chi connectivity index (χ0n) is 9.44. The third kappa shape index (κ3) is 2.24. The Kier molecular flexibility index (Phi) is 3.56. The molecule has 5 heteroatoms. The summed E-state index contributed by atoms with van der Waals surface area (Å²) in [4.78, 5) is 13.9. The Hall–Kier alpha value is -1.36. The van der Waals surface area contributed by atoms with E-state index in [9.17, 15) is 4.79 Å². The van der Waals surface area contributed by atoms with E-state index in [1.165, 1.54) is 6.20 Å². The van der Waals surface area contributed by atoms with Crippen LogP contribution in [0.15, 0.2) is 10.7 Å². The van der Waals surface area contributed by atoms with Crippen LogP contribution in [0.1, 0.15) is 29.5 Å². The van der Waals surface area contributed by atoms with Gasteiger partial charge in [0.05, 0.1) is 19.4 Å². The molecule has 88 valence electrons. The average molecular weight is 224 g/mol. The summed E-state index contributed by atoms with van der Waals surface area (Å²) in [6, 6.07) is 0. The highest BCUT2D eigenvalue weighted by molar-refractivity contribution is 5.94. The predicted molar refractivity (Wildman–Crippen MR) is 57.2 cm³/mol. The maximum atomic E-state index is 12.1. The lowest BCUT2D eigenvalue weighted by atomic mass is 10.1. The van der Waals surface area contributed by atoms with Gasteiger partial charge in [0, 0.05) is 19.5 Å². The van der Waals surface area contributed by atoms with Gasteiger partial charge in [-0.1, -0.05) is 12.1 Å². The number of morpholine rings is 1. The molecule has 1 saturated heterocycles. The first kappa shape index (κ1) is 11.1. The number of hydrogen-bond donors (Lipinski definition) is 0. The molecular weight excluding hydrogens is 208 g/mol. The fraction of sp³-hybridized carbons (Fsp3) is 0.636. The molecule has 1 aromatic heterocycles. The van der Waals surface area contributed by atoms with Crippen molar-refractivity contribution in [2.24, 2.45) is 0 Å². The van der Waals surface area contributed by atoms with Crippen LogP contribution in [0.2, 0.25) is 0 Å². The highest BCUT2D eigenvalue weighted by Gasteiger charge is 2.23. The van der Waals surface area contributed by atoms with E-state index < -0.39 is 0 Å². The summed E-state index contributed by atoms with van der Waals surface area (Å²) < 4.78 is 10.3. The molecule has 0 atom stereocenters. The van der Waals surface area contributed by atoms with Crippen molar-refractivity contribution in [3.63, 3.8) is 0 Å². The molecule has 5 nitrogen and oxygen atoms in total. The molecule has 0 bridgehead atoms. The molecular formula is C11H16N2O3. The van der Waals surface area contributed by atoms with Gasteiger partial charge in [-0.3, -0.25) is 4.79 Å². The van der Waals surface area contributed by atoms with Gasteiger partial charge in [0.2, 0.25) is 0 Å². The van der Waals surface area contributed by atoms with Crippen LogP contribution in [0.25, 0.3) is 0 Å². The Bertz CT molecular complexity index is 356. The van der Waals surface area contributed by atoms with E-state index in [4.69, 9.17) is 9.26 Å². The van der Waals surface area contributed by atoms with Crippen molar-refractivity contribution in [1.29, 1.82) is 0 Å². The monoisotopic (exact) mass is 224 g/mol. The van der Waals surface area contributed by atoms with Crippen LogP contribution in [-0.2, 0) is 11.2 Å². The number of carbonyl (C=O) groups excluding carboxylic acids is 1. The molecule has 1 aliphatic heterocycles. The topological polar surface area (TPSA) is 55.6 Å². The fourth-order valence-electron chi connectivity index (χ4n) is 1.78. The van der Waals surface area contributed by atoms with Gasteiger partial charge in [-0.05, 0) is 6.42 Å². The van der Waals surface area contributed by atoms with Crippen molar-refractivity contribution in [3.8, 4) is 0 Å². The quantitative estimate of drug-likeness (QED) is 0.771. The summed E-state index contributed by atoms with van der Waals surface area (Å²) in [5, 5.41) is 3.70. The van der Waals surface area contributed by atoms with Gasteiger partial charge in [0.25, 0.3) is 5.91 Å². The third-order valence-corrected chi connectivity index (χ3v) is 2.65. The van der Waals surface area contributed by atoms with E-state index in [2.05, 4.69) is 5.16 Å². The van der Waals surface area contributed by atoms with Gasteiger partial charge in [0.15, 0.2) is 0 Å². The van der Waals surface area contributed by atoms with Crippen molar-refractivity contribution in [2.75, 3.05) is 26.3 Å². The molecule has 0 saturated carbocycles. The highest BCUT2D eigenvalue weighted by atomic mass is 16.5. The fourth-order valence-corrected chi connectivity index (χ4v) is 1.78. The van der Waals surface area contributed by atoms with E-state index in [-0.39, 0.29) is 5.91 Å². The van der Waals surface area contributed by atoms with Crippen LogP contribution in [0.4, 0.5) is 0 Å². The first-order chi connectivity index (χ1) is 7.83. The molecule has 1 fully saturated rings. The maximum Gasteiger partial charge on any atom is 0.259 e. The molecule has 1 aromatic rings. The van der Waals surface area contributed by atoms with E-state index >= 15 is 0 Å². The summed E-state index contributed by atoms with van der Waals surface area (Å²) >= 11 is 0. The van der Waals surface area contributed by atoms with Crippen molar-refractivity contribution in [3.05, 3.63) is 17.5 Å². The number of carbonyl (C=O) groups is 1. The van der Waals surface area contributed by atoms with E-state index in [0.717, 1.165) is 12.8 Å². The number of ether oxygens (including phenoxy) is 1. The standard InChI is InChI=1S/C11H16N2O3/c1-2-3-10-9(8-12-16-10)11(14)13-4-6-15-7-5-13/h8H,2-7H2,1H3. The van der Waals surface area contributed by atoms with Crippen molar-refractivity contribution >= 4 is 5.91 Å². The number of rotatable bonds is 3. The summed E-state index contributed by atoms with van der Waals surface area (Å²) in [5.74, 6) is 0.701. The SMILES string of the molecule is CCCc1oncc1C(=O)N1CCOCC1. The van der Waals surface area contributed by atoms with Gasteiger partial charge in [-0.15, -0.1) is 0 Å². The lowest BCUT2D eigenvalue weighted by molar-refractivity contribution is 0.0301. The molecule has 2 heterocycles. The number of hydrogen-bond acceptors (Lipinski definition) is 4. The largest absolute Gasteiger partial charge is 0.378 e. The minimum Gasteiger partial charge on any atom is -0.378 e. The minimum absolute atomic E-state index is 0.00741. The number of aryl methyl sites for hydroxylation is 1. The first-order valence-corrected chi connectivity index (χ1v) is 5.63. The van der Waals surface area contributed by atoms with Crippen molar-refractivity contribution in [2.45, 2.75) is 19.8 Å². The Balaban J connectivity index is 2.09. The summed E-state index contributed by atoms with van der Waals surface area (Å²) in [5.41, 5.74) is 0.601. The Morgan fingerprint density at radius 2 is 2.25 bits per heavy atom. The van der Waals surface area contributed by atoms with E-state index in [0.29, 0.717) is 37.6 Å². The Morgan fingerprint density at radius 3 is 2.94 bits per heavy atom. The van der Waals surface area contributed by atoms with E-state index in [1.807, 2.05) is 6.92 Å². The van der Waals surface area contributed by atoms with Crippen LogP contribution < -0.4 is 0 Å². The van der Waals surface area contributed by atoms with Gasteiger partial charge in [-0.25, -0.2) is 0 Å². The lowest BCUT2D eigenvalue weighted by Crippen LogP contribution is -2.40.